The third-order valence-corrected chi connectivity index (χ3v) is 3.57. The van der Waals surface area contributed by atoms with Gasteiger partial charge in [-0.3, -0.25) is 4.79 Å². The smallest absolute Gasteiger partial charge is 0.251 e. The fraction of sp³-hybridized carbons (Fsp3) is 0.250. The molecule has 0 atom stereocenters. The molecule has 0 aliphatic carbocycles. The van der Waals surface area contributed by atoms with E-state index < -0.39 is 0 Å². The molecule has 0 amide bonds. The molecule has 2 heterocycles. The molecule has 16 heavy (non-hydrogen) atoms. The molecule has 2 aromatic heterocycles. The molecule has 1 N–H and O–H groups in total. The van der Waals surface area contributed by atoms with Gasteiger partial charge in [-0.1, -0.05) is 27.9 Å². The summed E-state index contributed by atoms with van der Waals surface area (Å²) in [6.45, 7) is 1.77. The van der Waals surface area contributed by atoms with Crippen LogP contribution in [-0.2, 0) is 5.75 Å². The van der Waals surface area contributed by atoms with Gasteiger partial charge in [-0.2, -0.15) is 0 Å². The van der Waals surface area contributed by atoms with Gasteiger partial charge in [0.2, 0.25) is 0 Å². The molecule has 0 aliphatic rings. The van der Waals surface area contributed by atoms with E-state index in [4.69, 9.17) is 11.6 Å². The Labute approximate surface area is 104 Å². The van der Waals surface area contributed by atoms with Crippen LogP contribution in [-0.4, -0.2) is 19.6 Å². The minimum absolute atomic E-state index is 0.155. The van der Waals surface area contributed by atoms with Crippen LogP contribution in [0.2, 0.25) is 4.34 Å². The van der Waals surface area contributed by atoms with Crippen LogP contribution >= 0.6 is 34.9 Å². The fourth-order valence-electron chi connectivity index (χ4n) is 1.04. The van der Waals surface area contributed by atoms with E-state index in [-0.39, 0.29) is 5.56 Å². The van der Waals surface area contributed by atoms with Crippen molar-refractivity contribution in [2.24, 2.45) is 0 Å². The van der Waals surface area contributed by atoms with Crippen molar-refractivity contribution in [2.45, 2.75) is 17.8 Å². The summed E-state index contributed by atoms with van der Waals surface area (Å²) in [5.74, 6) is 0.543. The predicted molar refractivity (Wildman–Crippen MR) is 64.1 cm³/mol. The third kappa shape index (κ3) is 2.81. The normalized spacial score (nSPS) is 10.6. The van der Waals surface area contributed by atoms with E-state index >= 15 is 0 Å². The van der Waals surface area contributed by atoms with E-state index in [0.717, 1.165) is 11.5 Å². The van der Waals surface area contributed by atoms with Gasteiger partial charge in [0.25, 0.3) is 5.56 Å². The number of nitrogens with zero attached hydrogens (tertiary/aromatic N) is 3. The molecule has 0 saturated heterocycles. The lowest BCUT2D eigenvalue weighted by molar-refractivity contribution is 0.903. The second kappa shape index (κ2) is 4.94. The Morgan fingerprint density at radius 3 is 3.06 bits per heavy atom. The van der Waals surface area contributed by atoms with Crippen LogP contribution in [0.15, 0.2) is 16.0 Å². The number of hydrogen-bond acceptors (Lipinski definition) is 6. The summed E-state index contributed by atoms with van der Waals surface area (Å²) in [7, 11) is 0. The first-order valence-corrected chi connectivity index (χ1v) is 6.46. The van der Waals surface area contributed by atoms with Crippen LogP contribution in [0, 0.1) is 6.92 Å². The highest BCUT2D eigenvalue weighted by Gasteiger charge is 2.07. The summed E-state index contributed by atoms with van der Waals surface area (Å²) in [4.78, 5) is 18.0. The van der Waals surface area contributed by atoms with Crippen LogP contribution in [0.4, 0.5) is 0 Å². The minimum atomic E-state index is -0.155. The van der Waals surface area contributed by atoms with Gasteiger partial charge in [-0.25, -0.2) is 4.98 Å². The van der Waals surface area contributed by atoms with Gasteiger partial charge in [0.15, 0.2) is 5.16 Å². The second-order valence-electron chi connectivity index (χ2n) is 2.97. The van der Waals surface area contributed by atoms with Crippen molar-refractivity contribution in [1.29, 1.82) is 0 Å². The molecule has 0 aromatic carbocycles. The van der Waals surface area contributed by atoms with Crippen molar-refractivity contribution >= 4 is 34.9 Å². The number of hydrogen-bond donors (Lipinski definition) is 1. The maximum absolute atomic E-state index is 11.2. The molecule has 0 bridgehead atoms. The van der Waals surface area contributed by atoms with Crippen LogP contribution in [0.3, 0.4) is 0 Å². The number of rotatable bonds is 3. The number of halogens is 1. The zero-order valence-corrected chi connectivity index (χ0v) is 10.6. The summed E-state index contributed by atoms with van der Waals surface area (Å²) >= 11 is 8.37. The van der Waals surface area contributed by atoms with Gasteiger partial charge >= 0.3 is 0 Å². The van der Waals surface area contributed by atoms with E-state index in [9.17, 15) is 4.79 Å². The van der Waals surface area contributed by atoms with Crippen molar-refractivity contribution in [3.63, 3.8) is 0 Å². The first kappa shape index (κ1) is 11.6. The summed E-state index contributed by atoms with van der Waals surface area (Å²) in [6, 6.07) is 1.45. The molecule has 2 aromatic rings. The number of aromatic amines is 1. The molecule has 0 radical (unpaired) electrons. The first-order chi connectivity index (χ1) is 7.65. The first-order valence-electron chi connectivity index (χ1n) is 4.32. The molecule has 2 rings (SSSR count). The van der Waals surface area contributed by atoms with Gasteiger partial charge in [0.05, 0.1) is 0 Å². The standard InChI is InChI=1S/C8H7ClN4OS2/c1-4-2-6(14)11-8(10-4)15-3-5-7(9)16-13-12-5/h2H,3H2,1H3,(H,10,11,14). The van der Waals surface area contributed by atoms with Gasteiger partial charge in [-0.15, -0.1) is 5.10 Å². The number of nitrogens with one attached hydrogen (secondary N) is 1. The molecule has 84 valence electrons. The predicted octanol–water partition coefficient (Wildman–Crippen LogP) is 1.88. The van der Waals surface area contributed by atoms with Gasteiger partial charge in [0, 0.05) is 29.0 Å². The van der Waals surface area contributed by atoms with Gasteiger partial charge < -0.3 is 4.98 Å². The highest BCUT2D eigenvalue weighted by molar-refractivity contribution is 7.98. The molecule has 0 saturated carbocycles. The minimum Gasteiger partial charge on any atom is -0.301 e. The zero-order valence-electron chi connectivity index (χ0n) is 8.23. The summed E-state index contributed by atoms with van der Waals surface area (Å²) in [6.07, 6.45) is 0. The van der Waals surface area contributed by atoms with Crippen molar-refractivity contribution in [1.82, 2.24) is 19.6 Å². The van der Waals surface area contributed by atoms with Crippen molar-refractivity contribution < 1.29 is 0 Å². The molecule has 0 spiro atoms. The van der Waals surface area contributed by atoms with Crippen molar-refractivity contribution in [3.8, 4) is 0 Å². The Bertz CT molecular complexity index is 553. The van der Waals surface area contributed by atoms with Crippen molar-refractivity contribution in [3.05, 3.63) is 32.1 Å². The maximum Gasteiger partial charge on any atom is 0.251 e. The molecule has 0 aliphatic heterocycles. The summed E-state index contributed by atoms with van der Waals surface area (Å²) < 4.78 is 4.29. The molecule has 0 unspecified atom stereocenters. The molecule has 5 nitrogen and oxygen atoms in total. The summed E-state index contributed by atoms with van der Waals surface area (Å²) in [5, 5.41) is 4.44. The van der Waals surface area contributed by atoms with Crippen LogP contribution in [0.5, 0.6) is 0 Å². The monoisotopic (exact) mass is 274 g/mol. The maximum atomic E-state index is 11.2. The van der Waals surface area contributed by atoms with Crippen molar-refractivity contribution in [2.75, 3.05) is 0 Å². The quantitative estimate of drug-likeness (QED) is 0.683. The number of thioether (sulfide) groups is 1. The molecule has 0 fully saturated rings. The Balaban J connectivity index is 2.10. The Morgan fingerprint density at radius 2 is 2.44 bits per heavy atom. The van der Waals surface area contributed by atoms with E-state index in [2.05, 4.69) is 19.6 Å². The van der Waals surface area contributed by atoms with E-state index in [0.29, 0.717) is 26.6 Å². The molecular formula is C8H7ClN4OS2. The fourth-order valence-corrected chi connectivity index (χ4v) is 2.69. The second-order valence-corrected chi connectivity index (χ2v) is 5.29. The number of aromatic nitrogens is 4. The average molecular weight is 275 g/mol. The Morgan fingerprint density at radius 1 is 1.62 bits per heavy atom. The van der Waals surface area contributed by atoms with Crippen LogP contribution in [0.25, 0.3) is 0 Å². The van der Waals surface area contributed by atoms with Gasteiger partial charge in [0.1, 0.15) is 10.0 Å². The largest absolute Gasteiger partial charge is 0.301 e. The number of aryl methyl sites for hydroxylation is 1. The highest BCUT2D eigenvalue weighted by atomic mass is 35.5. The third-order valence-electron chi connectivity index (χ3n) is 1.70. The molecule has 8 heteroatoms. The van der Waals surface area contributed by atoms with Crippen LogP contribution in [0.1, 0.15) is 11.4 Å². The molecular weight excluding hydrogens is 268 g/mol. The lowest BCUT2D eigenvalue weighted by atomic mass is 10.5. The highest BCUT2D eigenvalue weighted by Crippen LogP contribution is 2.24. The number of H-pyrrole nitrogens is 1. The van der Waals surface area contributed by atoms with E-state index in [1.165, 1.54) is 17.8 Å². The topological polar surface area (TPSA) is 71.5 Å². The average Bonchev–Trinajstić information content (AvgIpc) is 2.59. The van der Waals surface area contributed by atoms with E-state index in [1.807, 2.05) is 0 Å². The van der Waals surface area contributed by atoms with E-state index in [1.54, 1.807) is 6.92 Å². The lowest BCUT2D eigenvalue weighted by Crippen LogP contribution is -2.08. The van der Waals surface area contributed by atoms with Gasteiger partial charge in [-0.05, 0) is 6.92 Å². The summed E-state index contributed by atoms with van der Waals surface area (Å²) in [5.41, 5.74) is 1.24. The Kier molecular flexibility index (Phi) is 3.57. The van der Waals surface area contributed by atoms with Crippen LogP contribution < -0.4 is 5.56 Å². The SMILES string of the molecule is Cc1cc(=O)[nH]c(SCc2nnsc2Cl)n1. The zero-order chi connectivity index (χ0) is 11.5. The lowest BCUT2D eigenvalue weighted by Gasteiger charge is -1.99. The Hall–Kier alpha value is -0.920.